The van der Waals surface area contributed by atoms with Crippen LogP contribution in [0.4, 0.5) is 4.39 Å². The number of aromatic nitrogens is 2. The molecule has 0 amide bonds. The molecular weight excluding hydrogens is 193 g/mol. The maximum atomic E-state index is 14.1. The summed E-state index contributed by atoms with van der Waals surface area (Å²) in [5.41, 5.74) is 6.08. The van der Waals surface area contributed by atoms with Crippen LogP contribution in [0.15, 0.2) is 6.07 Å². The van der Waals surface area contributed by atoms with Crippen molar-refractivity contribution in [2.24, 2.45) is 12.8 Å². The van der Waals surface area contributed by atoms with Gasteiger partial charge in [0.05, 0.1) is 5.69 Å². The van der Waals surface area contributed by atoms with E-state index in [2.05, 4.69) is 5.10 Å². The minimum absolute atomic E-state index is 0.0656. The van der Waals surface area contributed by atoms with E-state index in [4.69, 9.17) is 5.73 Å². The van der Waals surface area contributed by atoms with Gasteiger partial charge in [-0.2, -0.15) is 5.10 Å². The highest BCUT2D eigenvalue weighted by atomic mass is 19.1. The summed E-state index contributed by atoms with van der Waals surface area (Å²) in [6.45, 7) is 3.93. The van der Waals surface area contributed by atoms with Crippen molar-refractivity contribution in [3.05, 3.63) is 17.5 Å². The van der Waals surface area contributed by atoms with Gasteiger partial charge in [0.2, 0.25) is 0 Å². The fourth-order valence-electron chi connectivity index (χ4n) is 1.58. The minimum atomic E-state index is -1.29. The first-order chi connectivity index (χ1) is 7.04. The van der Waals surface area contributed by atoms with Crippen molar-refractivity contribution in [1.29, 1.82) is 0 Å². The van der Waals surface area contributed by atoms with Crippen LogP contribution in [0.25, 0.3) is 0 Å². The van der Waals surface area contributed by atoms with E-state index < -0.39 is 5.67 Å². The Hall–Kier alpha value is -0.900. The zero-order chi connectivity index (χ0) is 11.5. The predicted octanol–water partition coefficient (Wildman–Crippen LogP) is 1.60. The molecule has 0 saturated carbocycles. The van der Waals surface area contributed by atoms with Crippen LogP contribution in [0.5, 0.6) is 0 Å². The number of nitrogens with zero attached hydrogens (tertiary/aromatic N) is 2. The Kier molecular flexibility index (Phi) is 3.85. The van der Waals surface area contributed by atoms with E-state index in [9.17, 15) is 4.39 Å². The van der Waals surface area contributed by atoms with Gasteiger partial charge >= 0.3 is 0 Å². The van der Waals surface area contributed by atoms with Gasteiger partial charge in [-0.25, -0.2) is 4.39 Å². The topological polar surface area (TPSA) is 43.8 Å². The molecule has 0 saturated heterocycles. The second kappa shape index (κ2) is 4.75. The van der Waals surface area contributed by atoms with Gasteiger partial charge in [0.15, 0.2) is 0 Å². The Labute approximate surface area is 90.5 Å². The molecule has 0 spiro atoms. The Morgan fingerprint density at radius 2 is 2.20 bits per heavy atom. The number of rotatable bonds is 5. The SMILES string of the molecule is CCc1cc(CC(F)(CC)CN)n(C)n1. The number of hydrogen-bond donors (Lipinski definition) is 1. The lowest BCUT2D eigenvalue weighted by molar-refractivity contribution is 0.164. The number of hydrogen-bond acceptors (Lipinski definition) is 2. The Balaban J connectivity index is 2.83. The fourth-order valence-corrected chi connectivity index (χ4v) is 1.58. The van der Waals surface area contributed by atoms with Gasteiger partial charge in [0.1, 0.15) is 5.67 Å². The third kappa shape index (κ3) is 2.78. The van der Waals surface area contributed by atoms with Crippen LogP contribution in [-0.2, 0) is 19.9 Å². The standard InChI is InChI=1S/C11H20FN3/c1-4-9-6-10(15(3)14-9)7-11(12,5-2)8-13/h6H,4-5,7-8,13H2,1-3H3. The summed E-state index contributed by atoms with van der Waals surface area (Å²) in [6, 6.07) is 1.96. The van der Waals surface area contributed by atoms with E-state index in [1.807, 2.05) is 27.0 Å². The summed E-state index contributed by atoms with van der Waals surface area (Å²) in [4.78, 5) is 0. The second-order valence-corrected chi connectivity index (χ2v) is 3.99. The maximum absolute atomic E-state index is 14.1. The summed E-state index contributed by atoms with van der Waals surface area (Å²) in [5, 5.41) is 4.29. The van der Waals surface area contributed by atoms with Crippen LogP contribution >= 0.6 is 0 Å². The van der Waals surface area contributed by atoms with E-state index in [1.165, 1.54) is 0 Å². The van der Waals surface area contributed by atoms with Crippen LogP contribution in [0.1, 0.15) is 31.7 Å². The van der Waals surface area contributed by atoms with E-state index in [1.54, 1.807) is 4.68 Å². The molecule has 0 aromatic carbocycles. The highest BCUT2D eigenvalue weighted by molar-refractivity contribution is 5.13. The Morgan fingerprint density at radius 1 is 1.53 bits per heavy atom. The molecule has 4 heteroatoms. The minimum Gasteiger partial charge on any atom is -0.328 e. The number of nitrogens with two attached hydrogens (primary N) is 1. The molecule has 0 aliphatic heterocycles. The third-order valence-electron chi connectivity index (χ3n) is 2.89. The maximum Gasteiger partial charge on any atom is 0.128 e. The molecule has 1 atom stereocenters. The van der Waals surface area contributed by atoms with Crippen molar-refractivity contribution in [2.75, 3.05) is 6.54 Å². The van der Waals surface area contributed by atoms with Crippen LogP contribution in [0, 0.1) is 0 Å². The van der Waals surface area contributed by atoms with Crippen molar-refractivity contribution in [3.8, 4) is 0 Å². The average Bonchev–Trinajstić information content (AvgIpc) is 2.59. The Morgan fingerprint density at radius 3 is 2.60 bits per heavy atom. The van der Waals surface area contributed by atoms with Crippen LogP contribution in [0.2, 0.25) is 0 Å². The van der Waals surface area contributed by atoms with Gasteiger partial charge in [0.25, 0.3) is 0 Å². The first kappa shape index (κ1) is 12.2. The molecule has 3 nitrogen and oxygen atoms in total. The van der Waals surface area contributed by atoms with Gasteiger partial charge in [-0.3, -0.25) is 4.68 Å². The fraction of sp³-hybridized carbons (Fsp3) is 0.727. The summed E-state index contributed by atoms with van der Waals surface area (Å²) >= 11 is 0. The first-order valence-electron chi connectivity index (χ1n) is 5.45. The summed E-state index contributed by atoms with van der Waals surface area (Å²) in [7, 11) is 1.85. The predicted molar refractivity (Wildman–Crippen MR) is 59.5 cm³/mol. The van der Waals surface area contributed by atoms with Gasteiger partial charge in [0, 0.05) is 25.7 Å². The average molecular weight is 213 g/mol. The third-order valence-corrected chi connectivity index (χ3v) is 2.89. The normalized spacial score (nSPS) is 15.3. The second-order valence-electron chi connectivity index (χ2n) is 3.99. The van der Waals surface area contributed by atoms with Crippen LogP contribution in [0.3, 0.4) is 0 Å². The smallest absolute Gasteiger partial charge is 0.128 e. The highest BCUT2D eigenvalue weighted by Gasteiger charge is 2.27. The molecule has 0 fully saturated rings. The van der Waals surface area contributed by atoms with E-state index >= 15 is 0 Å². The highest BCUT2D eigenvalue weighted by Crippen LogP contribution is 2.21. The molecule has 0 radical (unpaired) electrons. The van der Waals surface area contributed by atoms with Gasteiger partial charge < -0.3 is 5.73 Å². The lowest BCUT2D eigenvalue weighted by Crippen LogP contribution is -2.35. The van der Waals surface area contributed by atoms with Crippen LogP contribution < -0.4 is 5.73 Å². The van der Waals surface area contributed by atoms with Crippen molar-refractivity contribution < 1.29 is 4.39 Å². The van der Waals surface area contributed by atoms with Gasteiger partial charge in [-0.15, -0.1) is 0 Å². The molecule has 86 valence electrons. The summed E-state index contributed by atoms with van der Waals surface area (Å²) in [5.74, 6) is 0. The summed E-state index contributed by atoms with van der Waals surface area (Å²) < 4.78 is 15.8. The molecule has 0 aliphatic carbocycles. The summed E-state index contributed by atoms with van der Waals surface area (Å²) in [6.07, 6.45) is 1.67. The molecule has 0 bridgehead atoms. The molecule has 0 aliphatic rings. The number of aryl methyl sites for hydroxylation is 2. The van der Waals surface area contributed by atoms with Crippen molar-refractivity contribution in [1.82, 2.24) is 9.78 Å². The molecule has 1 rings (SSSR count). The molecular formula is C11H20FN3. The van der Waals surface area contributed by atoms with Crippen molar-refractivity contribution >= 4 is 0 Å². The largest absolute Gasteiger partial charge is 0.328 e. The van der Waals surface area contributed by atoms with Crippen molar-refractivity contribution in [3.63, 3.8) is 0 Å². The molecule has 2 N–H and O–H groups in total. The molecule has 1 aromatic rings. The monoisotopic (exact) mass is 213 g/mol. The first-order valence-corrected chi connectivity index (χ1v) is 5.45. The molecule has 1 unspecified atom stereocenters. The molecule has 1 aromatic heterocycles. The lowest BCUT2D eigenvalue weighted by Gasteiger charge is -2.21. The lowest BCUT2D eigenvalue weighted by atomic mass is 9.96. The quantitative estimate of drug-likeness (QED) is 0.807. The van der Waals surface area contributed by atoms with Gasteiger partial charge in [-0.1, -0.05) is 13.8 Å². The Bertz CT molecular complexity index is 316. The molecule has 1 heterocycles. The van der Waals surface area contributed by atoms with E-state index in [0.717, 1.165) is 17.8 Å². The van der Waals surface area contributed by atoms with Gasteiger partial charge in [-0.05, 0) is 18.9 Å². The van der Waals surface area contributed by atoms with Crippen molar-refractivity contribution in [2.45, 2.75) is 38.8 Å². The zero-order valence-corrected chi connectivity index (χ0v) is 9.76. The molecule has 15 heavy (non-hydrogen) atoms. The van der Waals surface area contributed by atoms with Crippen LogP contribution in [-0.4, -0.2) is 22.0 Å². The number of alkyl halides is 1. The van der Waals surface area contributed by atoms with E-state index in [0.29, 0.717) is 12.8 Å². The zero-order valence-electron chi connectivity index (χ0n) is 9.76. The van der Waals surface area contributed by atoms with E-state index in [-0.39, 0.29) is 6.54 Å². The number of halogens is 1.